The molecule has 0 atom stereocenters. The lowest BCUT2D eigenvalue weighted by molar-refractivity contribution is 0.192. The summed E-state index contributed by atoms with van der Waals surface area (Å²) in [5.41, 5.74) is -1.79. The van der Waals surface area contributed by atoms with Crippen LogP contribution < -0.4 is 11.2 Å². The fourth-order valence-corrected chi connectivity index (χ4v) is 1.64. The Hall–Kier alpha value is -1.85. The van der Waals surface area contributed by atoms with Gasteiger partial charge in [0, 0.05) is 17.3 Å². The first-order chi connectivity index (χ1) is 7.16. The molecule has 1 aromatic heterocycles. The second-order valence-corrected chi connectivity index (χ2v) is 4.53. The number of aryl methyl sites for hydroxylation is 1. The van der Waals surface area contributed by atoms with Gasteiger partial charge in [0.1, 0.15) is 0 Å². The van der Waals surface area contributed by atoms with Gasteiger partial charge in [0.05, 0.1) is 0 Å². The minimum absolute atomic E-state index is 0.207. The van der Waals surface area contributed by atoms with Crippen LogP contribution in [0.15, 0.2) is 15.7 Å². The van der Waals surface area contributed by atoms with Gasteiger partial charge in [-0.1, -0.05) is 0 Å². The van der Waals surface area contributed by atoms with Gasteiger partial charge in [-0.2, -0.15) is 4.57 Å². The average Bonchev–Trinajstić information content (AvgIpc) is 1.97. The number of hydrogen-bond acceptors (Lipinski definition) is 3. The van der Waals surface area contributed by atoms with E-state index >= 15 is 0 Å². The van der Waals surface area contributed by atoms with Gasteiger partial charge in [-0.3, -0.25) is 9.36 Å². The quantitative estimate of drug-likeness (QED) is 0.702. The number of carbonyl (C=O) groups is 1. The van der Waals surface area contributed by atoms with E-state index in [4.69, 9.17) is 5.11 Å². The number of hydrogen-bond donors (Lipinski definition) is 1. The van der Waals surface area contributed by atoms with Crippen LogP contribution in [0, 0.1) is 6.92 Å². The van der Waals surface area contributed by atoms with Gasteiger partial charge >= 0.3 is 11.8 Å². The highest BCUT2D eigenvalue weighted by molar-refractivity contribution is 5.67. The molecule has 1 heterocycles. The summed E-state index contributed by atoms with van der Waals surface area (Å²) < 4.78 is 1.49. The first-order valence-electron chi connectivity index (χ1n) is 4.75. The molecule has 0 aromatic carbocycles. The first kappa shape index (κ1) is 12.2. The Morgan fingerprint density at radius 2 is 1.81 bits per heavy atom. The molecule has 0 spiro atoms. The maximum Gasteiger partial charge on any atom is 0.422 e. The van der Waals surface area contributed by atoms with Crippen molar-refractivity contribution < 1.29 is 9.90 Å². The van der Waals surface area contributed by atoms with Gasteiger partial charge in [0.2, 0.25) is 0 Å². The molecule has 0 amide bonds. The largest absolute Gasteiger partial charge is 0.464 e. The lowest BCUT2D eigenvalue weighted by Gasteiger charge is -2.24. The van der Waals surface area contributed by atoms with E-state index < -0.39 is 22.9 Å². The van der Waals surface area contributed by atoms with Crippen LogP contribution in [-0.4, -0.2) is 20.3 Å². The van der Waals surface area contributed by atoms with E-state index in [0.717, 1.165) is 6.07 Å². The van der Waals surface area contributed by atoms with E-state index in [0.29, 0.717) is 5.69 Å². The zero-order valence-corrected chi connectivity index (χ0v) is 9.64. The summed E-state index contributed by atoms with van der Waals surface area (Å²) in [7, 11) is 0. The SMILES string of the molecule is Cc1cc(=O)n(C(=O)O)c(=O)n1C(C)(C)C. The van der Waals surface area contributed by atoms with Crippen LogP contribution >= 0.6 is 0 Å². The topological polar surface area (TPSA) is 81.3 Å². The van der Waals surface area contributed by atoms with Crippen molar-refractivity contribution in [1.29, 1.82) is 0 Å². The summed E-state index contributed by atoms with van der Waals surface area (Å²) in [6, 6.07) is 1.14. The third-order valence-corrected chi connectivity index (χ3v) is 2.15. The second kappa shape index (κ2) is 3.62. The predicted molar refractivity (Wildman–Crippen MR) is 58.1 cm³/mol. The van der Waals surface area contributed by atoms with Crippen molar-refractivity contribution in [3.05, 3.63) is 32.6 Å². The second-order valence-electron chi connectivity index (χ2n) is 4.53. The molecule has 0 radical (unpaired) electrons. The molecule has 0 fully saturated rings. The molecule has 1 rings (SSSR count). The first-order valence-corrected chi connectivity index (χ1v) is 4.75. The van der Waals surface area contributed by atoms with Gasteiger partial charge < -0.3 is 5.11 Å². The van der Waals surface area contributed by atoms with Crippen molar-refractivity contribution in [3.63, 3.8) is 0 Å². The van der Waals surface area contributed by atoms with Gasteiger partial charge in [-0.15, -0.1) is 0 Å². The zero-order chi connectivity index (χ0) is 12.7. The van der Waals surface area contributed by atoms with Crippen molar-refractivity contribution in [1.82, 2.24) is 9.13 Å². The highest BCUT2D eigenvalue weighted by atomic mass is 16.4. The minimum Gasteiger partial charge on any atom is -0.464 e. The average molecular weight is 226 g/mol. The van der Waals surface area contributed by atoms with E-state index in [2.05, 4.69) is 0 Å². The van der Waals surface area contributed by atoms with Crippen molar-refractivity contribution in [3.8, 4) is 0 Å². The third kappa shape index (κ3) is 1.91. The molecule has 88 valence electrons. The highest BCUT2D eigenvalue weighted by Gasteiger charge is 2.21. The molecule has 0 unspecified atom stereocenters. The maximum absolute atomic E-state index is 11.8. The van der Waals surface area contributed by atoms with Crippen molar-refractivity contribution >= 4 is 6.09 Å². The molecule has 1 aromatic rings. The molecule has 1 N–H and O–H groups in total. The van der Waals surface area contributed by atoms with E-state index in [1.165, 1.54) is 4.57 Å². The molecule has 6 heteroatoms. The van der Waals surface area contributed by atoms with Crippen LogP contribution in [-0.2, 0) is 5.54 Å². The number of nitrogens with zero attached hydrogens (tertiary/aromatic N) is 2. The Labute approximate surface area is 91.8 Å². The summed E-state index contributed by atoms with van der Waals surface area (Å²) in [6.45, 7) is 6.88. The standard InChI is InChI=1S/C10H14N2O4/c1-6-5-7(13)11(9(15)16)8(14)12(6)10(2,3)4/h5H,1-4H3,(H,15,16). The molecular weight excluding hydrogens is 212 g/mol. The lowest BCUT2D eigenvalue weighted by atomic mass is 10.1. The summed E-state index contributed by atoms with van der Waals surface area (Å²) >= 11 is 0. The summed E-state index contributed by atoms with van der Waals surface area (Å²) in [5.74, 6) is 0. The van der Waals surface area contributed by atoms with Crippen LogP contribution in [0.4, 0.5) is 4.79 Å². The summed E-state index contributed by atoms with van der Waals surface area (Å²) in [6.07, 6.45) is -1.56. The number of aromatic nitrogens is 2. The summed E-state index contributed by atoms with van der Waals surface area (Å²) in [4.78, 5) is 34.0. The minimum atomic E-state index is -1.56. The van der Waals surface area contributed by atoms with E-state index in [1.807, 2.05) is 0 Å². The Morgan fingerprint density at radius 1 is 1.31 bits per heavy atom. The predicted octanol–water partition coefficient (Wildman–Crippen LogP) is 0.600. The molecule has 0 bridgehead atoms. The van der Waals surface area contributed by atoms with Crippen LogP contribution in [0.5, 0.6) is 0 Å². The Balaban J connectivity index is 3.80. The van der Waals surface area contributed by atoms with Crippen LogP contribution in [0.25, 0.3) is 0 Å². The molecule has 0 aliphatic rings. The third-order valence-electron chi connectivity index (χ3n) is 2.15. The molecule has 0 aliphatic heterocycles. The van der Waals surface area contributed by atoms with Crippen molar-refractivity contribution in [2.24, 2.45) is 0 Å². The van der Waals surface area contributed by atoms with E-state index in [-0.39, 0.29) is 4.57 Å². The van der Waals surface area contributed by atoms with Gasteiger partial charge in [0.15, 0.2) is 0 Å². The molecule has 16 heavy (non-hydrogen) atoms. The Morgan fingerprint density at radius 3 is 2.19 bits per heavy atom. The molecule has 6 nitrogen and oxygen atoms in total. The highest BCUT2D eigenvalue weighted by Crippen LogP contribution is 2.11. The zero-order valence-electron chi connectivity index (χ0n) is 9.64. The Kier molecular flexibility index (Phi) is 2.77. The van der Waals surface area contributed by atoms with E-state index in [9.17, 15) is 14.4 Å². The number of rotatable bonds is 0. The van der Waals surface area contributed by atoms with Crippen molar-refractivity contribution in [2.45, 2.75) is 33.2 Å². The smallest absolute Gasteiger partial charge is 0.422 e. The summed E-state index contributed by atoms with van der Waals surface area (Å²) in [5, 5.41) is 8.78. The maximum atomic E-state index is 11.8. The van der Waals surface area contributed by atoms with Gasteiger partial charge in [0.25, 0.3) is 5.56 Å². The van der Waals surface area contributed by atoms with Crippen LogP contribution in [0.3, 0.4) is 0 Å². The van der Waals surface area contributed by atoms with Crippen LogP contribution in [0.2, 0.25) is 0 Å². The van der Waals surface area contributed by atoms with Crippen LogP contribution in [0.1, 0.15) is 26.5 Å². The number of carboxylic acid groups (broad SMARTS) is 1. The molecule has 0 saturated carbocycles. The molecular formula is C10H14N2O4. The van der Waals surface area contributed by atoms with Gasteiger partial charge in [-0.25, -0.2) is 9.59 Å². The fourth-order valence-electron chi connectivity index (χ4n) is 1.64. The molecule has 0 aliphatic carbocycles. The fraction of sp³-hybridized carbons (Fsp3) is 0.500. The molecule has 0 saturated heterocycles. The van der Waals surface area contributed by atoms with Crippen molar-refractivity contribution in [2.75, 3.05) is 0 Å². The van der Waals surface area contributed by atoms with Gasteiger partial charge in [-0.05, 0) is 27.7 Å². The lowest BCUT2D eigenvalue weighted by Crippen LogP contribution is -2.48. The Bertz CT molecular complexity index is 545. The normalized spacial score (nSPS) is 11.5. The van der Waals surface area contributed by atoms with E-state index in [1.54, 1.807) is 27.7 Å². The monoisotopic (exact) mass is 226 g/mol.